The van der Waals surface area contributed by atoms with Gasteiger partial charge >= 0.3 is 0 Å². The van der Waals surface area contributed by atoms with Crippen molar-refractivity contribution in [3.63, 3.8) is 0 Å². The van der Waals surface area contributed by atoms with E-state index in [9.17, 15) is 24.1 Å². The maximum absolute atomic E-state index is 13.6. The number of primary amides is 1. The van der Waals surface area contributed by atoms with Crippen molar-refractivity contribution in [1.29, 1.82) is 0 Å². The molecule has 106 valence electrons. The average molecular weight is 281 g/mol. The van der Waals surface area contributed by atoms with Crippen molar-refractivity contribution in [2.75, 3.05) is 13.1 Å². The van der Waals surface area contributed by atoms with Crippen LogP contribution in [0.15, 0.2) is 18.2 Å². The predicted molar refractivity (Wildman–Crippen MR) is 66.3 cm³/mol. The van der Waals surface area contributed by atoms with Crippen LogP contribution in [-0.4, -0.2) is 34.7 Å². The number of benzene rings is 1. The monoisotopic (exact) mass is 281 g/mol. The SMILES string of the molecule is NC(=O)C1CCN(C(=O)c2cc([N+](=O)[O-])ccc2F)C1. The molecule has 1 aromatic carbocycles. The first kappa shape index (κ1) is 13.9. The number of hydrogen-bond acceptors (Lipinski definition) is 4. The Labute approximate surface area is 113 Å². The van der Waals surface area contributed by atoms with Crippen LogP contribution < -0.4 is 5.73 Å². The molecule has 0 radical (unpaired) electrons. The normalized spacial score (nSPS) is 18.1. The Hall–Kier alpha value is -2.51. The molecule has 1 unspecified atom stereocenters. The van der Waals surface area contributed by atoms with Crippen LogP contribution in [0.3, 0.4) is 0 Å². The molecule has 0 aromatic heterocycles. The summed E-state index contributed by atoms with van der Waals surface area (Å²) < 4.78 is 13.6. The van der Waals surface area contributed by atoms with E-state index in [1.807, 2.05) is 0 Å². The Bertz CT molecular complexity index is 590. The third kappa shape index (κ3) is 2.58. The number of nitrogens with two attached hydrogens (primary N) is 1. The van der Waals surface area contributed by atoms with E-state index in [-0.39, 0.29) is 24.3 Å². The van der Waals surface area contributed by atoms with Crippen LogP contribution >= 0.6 is 0 Å². The summed E-state index contributed by atoms with van der Waals surface area (Å²) in [6.45, 7) is 0.380. The number of halogens is 1. The van der Waals surface area contributed by atoms with Gasteiger partial charge in [-0.05, 0) is 12.5 Å². The highest BCUT2D eigenvalue weighted by Crippen LogP contribution is 2.22. The number of nitro benzene ring substituents is 1. The van der Waals surface area contributed by atoms with Gasteiger partial charge in [-0.25, -0.2) is 4.39 Å². The zero-order valence-electron chi connectivity index (χ0n) is 10.4. The second-order valence-electron chi connectivity index (χ2n) is 4.56. The lowest BCUT2D eigenvalue weighted by molar-refractivity contribution is -0.384. The highest BCUT2D eigenvalue weighted by atomic mass is 19.1. The first-order valence-electron chi connectivity index (χ1n) is 5.92. The maximum Gasteiger partial charge on any atom is 0.270 e. The van der Waals surface area contributed by atoms with Crippen LogP contribution in [0.1, 0.15) is 16.8 Å². The minimum Gasteiger partial charge on any atom is -0.369 e. The fraction of sp³-hybridized carbons (Fsp3) is 0.333. The molecule has 7 nitrogen and oxygen atoms in total. The van der Waals surface area contributed by atoms with Crippen LogP contribution in [0, 0.1) is 21.8 Å². The van der Waals surface area contributed by atoms with Crippen molar-refractivity contribution in [2.45, 2.75) is 6.42 Å². The van der Waals surface area contributed by atoms with E-state index in [4.69, 9.17) is 5.73 Å². The lowest BCUT2D eigenvalue weighted by Crippen LogP contribution is -2.32. The molecule has 8 heteroatoms. The molecule has 1 aromatic rings. The zero-order chi connectivity index (χ0) is 14.9. The number of carbonyl (C=O) groups is 2. The zero-order valence-corrected chi connectivity index (χ0v) is 10.4. The second-order valence-corrected chi connectivity index (χ2v) is 4.56. The number of hydrogen-bond donors (Lipinski definition) is 1. The van der Waals surface area contributed by atoms with Gasteiger partial charge in [0.25, 0.3) is 11.6 Å². The summed E-state index contributed by atoms with van der Waals surface area (Å²) in [6, 6.07) is 2.77. The largest absolute Gasteiger partial charge is 0.369 e. The summed E-state index contributed by atoms with van der Waals surface area (Å²) in [4.78, 5) is 34.4. The summed E-state index contributed by atoms with van der Waals surface area (Å²) in [5.74, 6) is -2.47. The molecule has 1 aliphatic heterocycles. The van der Waals surface area contributed by atoms with Gasteiger partial charge in [0.1, 0.15) is 5.82 Å². The molecule has 1 saturated heterocycles. The maximum atomic E-state index is 13.6. The topological polar surface area (TPSA) is 107 Å². The summed E-state index contributed by atoms with van der Waals surface area (Å²) in [6.07, 6.45) is 0.414. The quantitative estimate of drug-likeness (QED) is 0.649. The molecular weight excluding hydrogens is 269 g/mol. The van der Waals surface area contributed by atoms with Crippen molar-refractivity contribution >= 4 is 17.5 Å². The Balaban J connectivity index is 2.23. The average Bonchev–Trinajstić information content (AvgIpc) is 2.88. The van der Waals surface area contributed by atoms with Gasteiger partial charge in [-0.2, -0.15) is 0 Å². The molecular formula is C12H12FN3O4. The second kappa shape index (κ2) is 5.24. The minimum atomic E-state index is -0.830. The van der Waals surface area contributed by atoms with Crippen molar-refractivity contribution in [1.82, 2.24) is 4.90 Å². The van der Waals surface area contributed by atoms with Crippen molar-refractivity contribution in [2.24, 2.45) is 11.7 Å². The number of likely N-dealkylation sites (tertiary alicyclic amines) is 1. The molecule has 2 N–H and O–H groups in total. The molecule has 0 aliphatic carbocycles. The molecule has 1 heterocycles. The van der Waals surface area contributed by atoms with Crippen molar-refractivity contribution in [3.8, 4) is 0 Å². The van der Waals surface area contributed by atoms with Gasteiger partial charge in [0, 0.05) is 25.2 Å². The van der Waals surface area contributed by atoms with Crippen LogP contribution in [0.25, 0.3) is 0 Å². The first-order valence-corrected chi connectivity index (χ1v) is 5.92. The Morgan fingerprint density at radius 2 is 2.15 bits per heavy atom. The number of amides is 2. The number of carbonyl (C=O) groups excluding carboxylic acids is 2. The molecule has 2 rings (SSSR count). The van der Waals surface area contributed by atoms with E-state index < -0.39 is 28.5 Å². The van der Waals surface area contributed by atoms with Crippen LogP contribution in [0.5, 0.6) is 0 Å². The molecule has 0 bridgehead atoms. The van der Waals surface area contributed by atoms with Gasteiger partial charge in [-0.3, -0.25) is 19.7 Å². The molecule has 0 spiro atoms. The van der Waals surface area contributed by atoms with Crippen LogP contribution in [0.4, 0.5) is 10.1 Å². The molecule has 0 saturated carbocycles. The number of rotatable bonds is 3. The fourth-order valence-electron chi connectivity index (χ4n) is 2.14. The fourth-order valence-corrected chi connectivity index (χ4v) is 2.14. The van der Waals surface area contributed by atoms with E-state index >= 15 is 0 Å². The minimum absolute atomic E-state index is 0.107. The number of non-ortho nitro benzene ring substituents is 1. The van der Waals surface area contributed by atoms with Gasteiger partial charge < -0.3 is 10.6 Å². The smallest absolute Gasteiger partial charge is 0.270 e. The Morgan fingerprint density at radius 1 is 1.45 bits per heavy atom. The Morgan fingerprint density at radius 3 is 2.70 bits per heavy atom. The van der Waals surface area contributed by atoms with Crippen LogP contribution in [0.2, 0.25) is 0 Å². The van der Waals surface area contributed by atoms with Gasteiger partial charge in [0.15, 0.2) is 0 Å². The third-order valence-electron chi connectivity index (χ3n) is 3.27. The van der Waals surface area contributed by atoms with E-state index in [0.717, 1.165) is 18.2 Å². The summed E-state index contributed by atoms with van der Waals surface area (Å²) >= 11 is 0. The molecule has 2 amide bonds. The molecule has 1 atom stereocenters. The van der Waals surface area contributed by atoms with Gasteiger partial charge in [0.2, 0.25) is 5.91 Å². The summed E-state index contributed by atoms with van der Waals surface area (Å²) in [5.41, 5.74) is 4.42. The summed E-state index contributed by atoms with van der Waals surface area (Å²) in [5, 5.41) is 10.6. The van der Waals surface area contributed by atoms with Crippen molar-refractivity contribution in [3.05, 3.63) is 39.7 Å². The lowest BCUT2D eigenvalue weighted by atomic mass is 10.1. The molecule has 1 fully saturated rings. The summed E-state index contributed by atoms with van der Waals surface area (Å²) in [7, 11) is 0. The number of nitro groups is 1. The predicted octanol–water partition coefficient (Wildman–Crippen LogP) is 0.681. The standard InChI is InChI=1S/C12H12FN3O4/c13-10-2-1-8(16(19)20)5-9(10)12(18)15-4-3-7(6-15)11(14)17/h1-2,5,7H,3-4,6H2,(H2,14,17). The first-order chi connectivity index (χ1) is 9.40. The molecule has 1 aliphatic rings. The highest BCUT2D eigenvalue weighted by molar-refractivity contribution is 5.95. The highest BCUT2D eigenvalue weighted by Gasteiger charge is 2.31. The number of nitrogens with zero attached hydrogens (tertiary/aromatic N) is 2. The van der Waals surface area contributed by atoms with E-state index in [1.165, 1.54) is 4.90 Å². The van der Waals surface area contributed by atoms with E-state index in [0.29, 0.717) is 6.42 Å². The lowest BCUT2D eigenvalue weighted by Gasteiger charge is -2.16. The van der Waals surface area contributed by atoms with E-state index in [2.05, 4.69) is 0 Å². The van der Waals surface area contributed by atoms with Crippen molar-refractivity contribution < 1.29 is 18.9 Å². The van der Waals surface area contributed by atoms with Gasteiger partial charge in [0.05, 0.1) is 16.4 Å². The molecule has 20 heavy (non-hydrogen) atoms. The van der Waals surface area contributed by atoms with Gasteiger partial charge in [-0.15, -0.1) is 0 Å². The Kier molecular flexibility index (Phi) is 3.64. The van der Waals surface area contributed by atoms with Gasteiger partial charge in [-0.1, -0.05) is 0 Å². The van der Waals surface area contributed by atoms with Crippen LogP contribution in [-0.2, 0) is 4.79 Å². The van der Waals surface area contributed by atoms with E-state index in [1.54, 1.807) is 0 Å². The third-order valence-corrected chi connectivity index (χ3v) is 3.27.